The Morgan fingerprint density at radius 3 is 2.29 bits per heavy atom. The van der Waals surface area contributed by atoms with Crippen LogP contribution in [0.25, 0.3) is 5.57 Å². The highest BCUT2D eigenvalue weighted by atomic mass is 16.5. The monoisotopic (exact) mass is 279 g/mol. The average molecular weight is 279 g/mol. The van der Waals surface area contributed by atoms with Crippen LogP contribution in [-0.2, 0) is 16.1 Å². The minimum absolute atomic E-state index is 0.0214. The summed E-state index contributed by atoms with van der Waals surface area (Å²) in [5, 5.41) is 0. The van der Waals surface area contributed by atoms with E-state index in [0.29, 0.717) is 6.61 Å². The lowest BCUT2D eigenvalue weighted by Crippen LogP contribution is -2.33. The topological polar surface area (TPSA) is 29.5 Å². The molecule has 2 aromatic carbocycles. The van der Waals surface area contributed by atoms with Crippen molar-refractivity contribution in [3.63, 3.8) is 0 Å². The molecule has 21 heavy (non-hydrogen) atoms. The Bertz CT molecular complexity index is 649. The third-order valence-electron chi connectivity index (χ3n) is 3.60. The minimum atomic E-state index is -0.333. The zero-order valence-electron chi connectivity index (χ0n) is 11.9. The first-order valence-corrected chi connectivity index (χ1v) is 6.95. The van der Waals surface area contributed by atoms with Gasteiger partial charge in [0.1, 0.15) is 0 Å². The van der Waals surface area contributed by atoms with Gasteiger partial charge in [-0.3, -0.25) is 4.79 Å². The number of hydrogen-bond donors (Lipinski definition) is 0. The Balaban J connectivity index is 1.79. The van der Waals surface area contributed by atoms with Crippen LogP contribution >= 0.6 is 0 Å². The number of hydrogen-bond acceptors (Lipinski definition) is 2. The zero-order valence-corrected chi connectivity index (χ0v) is 11.9. The van der Waals surface area contributed by atoms with Crippen molar-refractivity contribution in [1.29, 1.82) is 0 Å². The fourth-order valence-electron chi connectivity index (χ4n) is 2.44. The molecule has 0 spiro atoms. The van der Waals surface area contributed by atoms with Crippen LogP contribution in [-0.4, -0.2) is 24.1 Å². The van der Waals surface area contributed by atoms with Gasteiger partial charge in [-0.15, -0.1) is 0 Å². The first-order chi connectivity index (χ1) is 10.3. The Kier molecular flexibility index (Phi) is 3.84. The van der Waals surface area contributed by atoms with Gasteiger partial charge >= 0.3 is 0 Å². The fraction of sp³-hybridized carbons (Fsp3) is 0.167. The molecule has 0 N–H and O–H groups in total. The van der Waals surface area contributed by atoms with Crippen LogP contribution in [0, 0.1) is 0 Å². The summed E-state index contributed by atoms with van der Waals surface area (Å²) in [5.74, 6) is -0.0214. The molecule has 0 radical (unpaired) electrons. The van der Waals surface area contributed by atoms with Crippen molar-refractivity contribution in [1.82, 2.24) is 4.90 Å². The standard InChI is InChI=1S/C18H17NO2/c1-19-17(20)12-16(15-10-6-3-7-11-15)18(19)21-13-14-8-4-2-5-9-14/h2-12,18H,13H2,1H3. The largest absolute Gasteiger partial charge is 0.349 e. The van der Waals surface area contributed by atoms with E-state index in [-0.39, 0.29) is 12.1 Å². The van der Waals surface area contributed by atoms with Crippen LogP contribution in [0.5, 0.6) is 0 Å². The maximum absolute atomic E-state index is 11.9. The van der Waals surface area contributed by atoms with Gasteiger partial charge in [-0.2, -0.15) is 0 Å². The molecule has 0 bridgehead atoms. The second-order valence-corrected chi connectivity index (χ2v) is 5.06. The maximum Gasteiger partial charge on any atom is 0.249 e. The summed E-state index contributed by atoms with van der Waals surface area (Å²) >= 11 is 0. The van der Waals surface area contributed by atoms with Crippen molar-refractivity contribution in [2.24, 2.45) is 0 Å². The molecule has 1 unspecified atom stereocenters. The summed E-state index contributed by atoms with van der Waals surface area (Å²) in [6.07, 6.45) is 1.32. The molecule has 2 aromatic rings. The zero-order chi connectivity index (χ0) is 14.7. The lowest BCUT2D eigenvalue weighted by Gasteiger charge is -2.24. The maximum atomic E-state index is 11.9. The molecule has 3 heteroatoms. The lowest BCUT2D eigenvalue weighted by molar-refractivity contribution is -0.131. The Labute approximate surface area is 124 Å². The first kappa shape index (κ1) is 13.6. The van der Waals surface area contributed by atoms with E-state index in [1.807, 2.05) is 60.7 Å². The highest BCUT2D eigenvalue weighted by molar-refractivity contribution is 6.01. The van der Waals surface area contributed by atoms with E-state index in [4.69, 9.17) is 4.74 Å². The number of benzene rings is 2. The van der Waals surface area contributed by atoms with E-state index in [0.717, 1.165) is 16.7 Å². The number of carbonyl (C=O) groups excluding carboxylic acids is 1. The predicted octanol–water partition coefficient (Wildman–Crippen LogP) is 3.08. The molecule has 0 aromatic heterocycles. The molecule has 1 aliphatic heterocycles. The molecule has 0 fully saturated rings. The average Bonchev–Trinajstić information content (AvgIpc) is 2.82. The number of likely N-dealkylation sites (N-methyl/N-ethyl adjacent to an activating group) is 1. The van der Waals surface area contributed by atoms with E-state index in [9.17, 15) is 4.79 Å². The first-order valence-electron chi connectivity index (χ1n) is 6.95. The third-order valence-corrected chi connectivity index (χ3v) is 3.60. The van der Waals surface area contributed by atoms with Gasteiger partial charge in [0.25, 0.3) is 0 Å². The van der Waals surface area contributed by atoms with Crippen molar-refractivity contribution in [3.8, 4) is 0 Å². The second-order valence-electron chi connectivity index (χ2n) is 5.06. The van der Waals surface area contributed by atoms with Gasteiger partial charge in [0.05, 0.1) is 6.61 Å². The fourth-order valence-corrected chi connectivity index (χ4v) is 2.44. The van der Waals surface area contributed by atoms with E-state index in [2.05, 4.69) is 0 Å². The number of carbonyl (C=O) groups is 1. The van der Waals surface area contributed by atoms with Gasteiger partial charge in [-0.25, -0.2) is 0 Å². The highest BCUT2D eigenvalue weighted by Gasteiger charge is 2.31. The quantitative estimate of drug-likeness (QED) is 0.860. The summed E-state index contributed by atoms with van der Waals surface area (Å²) in [7, 11) is 1.77. The van der Waals surface area contributed by atoms with E-state index in [1.54, 1.807) is 18.0 Å². The highest BCUT2D eigenvalue weighted by Crippen LogP contribution is 2.28. The number of amides is 1. The molecular formula is C18H17NO2. The van der Waals surface area contributed by atoms with E-state index >= 15 is 0 Å². The molecule has 1 aliphatic rings. The van der Waals surface area contributed by atoms with Crippen molar-refractivity contribution in [2.45, 2.75) is 12.8 Å². The Morgan fingerprint density at radius 1 is 1.00 bits per heavy atom. The Morgan fingerprint density at radius 2 is 1.62 bits per heavy atom. The van der Waals surface area contributed by atoms with Crippen LogP contribution < -0.4 is 0 Å². The molecule has 106 valence electrons. The van der Waals surface area contributed by atoms with Gasteiger partial charge in [-0.05, 0) is 11.1 Å². The third kappa shape index (κ3) is 2.88. The van der Waals surface area contributed by atoms with Crippen molar-refractivity contribution in [2.75, 3.05) is 7.05 Å². The van der Waals surface area contributed by atoms with Crippen molar-refractivity contribution < 1.29 is 9.53 Å². The molecule has 0 saturated heterocycles. The van der Waals surface area contributed by atoms with Gasteiger partial charge < -0.3 is 9.64 Å². The van der Waals surface area contributed by atoms with Gasteiger partial charge in [0, 0.05) is 18.7 Å². The summed E-state index contributed by atoms with van der Waals surface area (Å²) < 4.78 is 5.98. The SMILES string of the molecule is CN1C(=O)C=C(c2ccccc2)C1OCc1ccccc1. The van der Waals surface area contributed by atoms with Crippen LogP contribution in [0.4, 0.5) is 0 Å². The second kappa shape index (κ2) is 5.94. The molecule has 0 saturated carbocycles. The normalized spacial score (nSPS) is 18.0. The summed E-state index contributed by atoms with van der Waals surface area (Å²) in [4.78, 5) is 13.6. The molecule has 1 amide bonds. The molecule has 3 nitrogen and oxygen atoms in total. The molecule has 1 atom stereocenters. The van der Waals surface area contributed by atoms with Crippen LogP contribution in [0.3, 0.4) is 0 Å². The van der Waals surface area contributed by atoms with Gasteiger partial charge in [0.2, 0.25) is 5.91 Å². The molecular weight excluding hydrogens is 262 g/mol. The number of ether oxygens (including phenoxy) is 1. The van der Waals surface area contributed by atoms with Gasteiger partial charge in [-0.1, -0.05) is 60.7 Å². The van der Waals surface area contributed by atoms with Crippen molar-refractivity contribution >= 4 is 11.5 Å². The van der Waals surface area contributed by atoms with Crippen LogP contribution in [0.1, 0.15) is 11.1 Å². The summed E-state index contributed by atoms with van der Waals surface area (Å²) in [6, 6.07) is 19.9. The smallest absolute Gasteiger partial charge is 0.249 e. The Hall–Kier alpha value is -2.39. The van der Waals surface area contributed by atoms with Crippen molar-refractivity contribution in [3.05, 3.63) is 77.9 Å². The number of nitrogens with zero attached hydrogens (tertiary/aromatic N) is 1. The van der Waals surface area contributed by atoms with Crippen LogP contribution in [0.2, 0.25) is 0 Å². The molecule has 0 aliphatic carbocycles. The van der Waals surface area contributed by atoms with E-state index in [1.165, 1.54) is 0 Å². The number of rotatable bonds is 4. The lowest BCUT2D eigenvalue weighted by atomic mass is 10.1. The summed E-state index contributed by atoms with van der Waals surface area (Å²) in [6.45, 7) is 0.479. The molecule has 1 heterocycles. The van der Waals surface area contributed by atoms with Crippen LogP contribution in [0.15, 0.2) is 66.7 Å². The van der Waals surface area contributed by atoms with E-state index < -0.39 is 0 Å². The van der Waals surface area contributed by atoms with Gasteiger partial charge in [0.15, 0.2) is 6.23 Å². The summed E-state index contributed by atoms with van der Waals surface area (Å²) in [5.41, 5.74) is 3.03. The predicted molar refractivity (Wildman–Crippen MR) is 82.2 cm³/mol. The molecule has 3 rings (SSSR count). The minimum Gasteiger partial charge on any atom is -0.349 e.